The maximum Gasteiger partial charge on any atom is 0.362 e. The Morgan fingerprint density at radius 2 is 2.16 bits per heavy atom. The summed E-state index contributed by atoms with van der Waals surface area (Å²) in [5.74, 6) is -0.968. The molecule has 0 aliphatic heterocycles. The van der Waals surface area contributed by atoms with E-state index >= 15 is 0 Å². The summed E-state index contributed by atoms with van der Waals surface area (Å²) >= 11 is 5.95. The number of benzene rings is 1. The third-order valence-corrected chi connectivity index (χ3v) is 2.64. The Bertz CT molecular complexity index is 535. The number of esters is 1. The van der Waals surface area contributed by atoms with Crippen molar-refractivity contribution >= 4 is 23.3 Å². The highest BCUT2D eigenvalue weighted by Crippen LogP contribution is 2.23. The van der Waals surface area contributed by atoms with Gasteiger partial charge >= 0.3 is 5.97 Å². The maximum absolute atomic E-state index is 11.5. The van der Waals surface area contributed by atoms with Gasteiger partial charge in [-0.1, -0.05) is 17.7 Å². The average molecular weight is 283 g/mol. The molecule has 5 nitrogen and oxygen atoms in total. The fourth-order valence-corrected chi connectivity index (χ4v) is 1.39. The van der Waals surface area contributed by atoms with Gasteiger partial charge in [0.2, 0.25) is 5.70 Å². The first kappa shape index (κ1) is 15.2. The molecular formula is C13H15ClN2O3. The fourth-order valence-electron chi connectivity index (χ4n) is 1.21. The van der Waals surface area contributed by atoms with Crippen LogP contribution >= 0.6 is 11.6 Å². The SMILES string of the molecule is CCOC(=O)C(N=Nc1ccc(C)c(Cl)c1)=C(C)O. The first-order valence-corrected chi connectivity index (χ1v) is 6.08. The van der Waals surface area contributed by atoms with E-state index in [1.807, 2.05) is 6.92 Å². The molecule has 0 atom stereocenters. The molecule has 0 aliphatic carbocycles. The van der Waals surface area contributed by atoms with Crippen molar-refractivity contribution in [2.75, 3.05) is 6.61 Å². The van der Waals surface area contributed by atoms with Gasteiger partial charge in [-0.15, -0.1) is 5.11 Å². The van der Waals surface area contributed by atoms with Gasteiger partial charge in [-0.3, -0.25) is 0 Å². The van der Waals surface area contributed by atoms with Gasteiger partial charge in [0, 0.05) is 5.02 Å². The van der Waals surface area contributed by atoms with Crippen molar-refractivity contribution < 1.29 is 14.6 Å². The number of hydrogen-bond acceptors (Lipinski definition) is 5. The van der Waals surface area contributed by atoms with E-state index in [2.05, 4.69) is 10.2 Å². The zero-order valence-corrected chi connectivity index (χ0v) is 11.7. The Morgan fingerprint density at radius 1 is 1.47 bits per heavy atom. The van der Waals surface area contributed by atoms with Gasteiger partial charge in [0.15, 0.2) is 0 Å². The van der Waals surface area contributed by atoms with Crippen molar-refractivity contribution in [2.45, 2.75) is 20.8 Å². The van der Waals surface area contributed by atoms with Crippen LogP contribution in [-0.4, -0.2) is 17.7 Å². The van der Waals surface area contributed by atoms with Gasteiger partial charge in [0.25, 0.3) is 0 Å². The van der Waals surface area contributed by atoms with Crippen LogP contribution in [0.5, 0.6) is 0 Å². The number of allylic oxidation sites excluding steroid dienone is 1. The number of halogens is 1. The molecule has 1 rings (SSSR count). The number of carbonyl (C=O) groups is 1. The van der Waals surface area contributed by atoms with Gasteiger partial charge in [-0.2, -0.15) is 5.11 Å². The molecule has 0 heterocycles. The van der Waals surface area contributed by atoms with E-state index in [1.165, 1.54) is 6.92 Å². The van der Waals surface area contributed by atoms with E-state index in [-0.39, 0.29) is 18.1 Å². The average Bonchev–Trinajstić information content (AvgIpc) is 2.33. The van der Waals surface area contributed by atoms with E-state index in [1.54, 1.807) is 25.1 Å². The lowest BCUT2D eigenvalue weighted by molar-refractivity contribution is -0.138. The topological polar surface area (TPSA) is 71.2 Å². The first-order chi connectivity index (χ1) is 8.95. The summed E-state index contributed by atoms with van der Waals surface area (Å²) in [7, 11) is 0. The zero-order valence-electron chi connectivity index (χ0n) is 11.0. The lowest BCUT2D eigenvalue weighted by Crippen LogP contribution is -2.07. The van der Waals surface area contributed by atoms with Crippen LogP contribution in [0.3, 0.4) is 0 Å². The second kappa shape index (κ2) is 6.89. The quantitative estimate of drug-likeness (QED) is 0.391. The lowest BCUT2D eigenvalue weighted by Gasteiger charge is -2.02. The molecule has 1 N–H and O–H groups in total. The molecule has 1 aromatic carbocycles. The Morgan fingerprint density at radius 3 is 2.68 bits per heavy atom. The molecule has 0 bridgehead atoms. The Kier molecular flexibility index (Phi) is 5.51. The predicted octanol–water partition coefficient (Wildman–Crippen LogP) is 4.08. The molecule has 19 heavy (non-hydrogen) atoms. The second-order valence-electron chi connectivity index (χ2n) is 3.79. The predicted molar refractivity (Wildman–Crippen MR) is 72.7 cm³/mol. The molecule has 0 amide bonds. The van der Waals surface area contributed by atoms with Gasteiger partial charge in [0.05, 0.1) is 12.3 Å². The van der Waals surface area contributed by atoms with Crippen molar-refractivity contribution in [3.05, 3.63) is 40.2 Å². The molecule has 6 heteroatoms. The third kappa shape index (κ3) is 4.37. The van der Waals surface area contributed by atoms with Crippen LogP contribution in [0.2, 0.25) is 5.02 Å². The van der Waals surface area contributed by atoms with Gasteiger partial charge in [0.1, 0.15) is 5.76 Å². The Balaban J connectivity index is 2.97. The number of aryl methyl sites for hydroxylation is 1. The molecule has 102 valence electrons. The number of aliphatic hydroxyl groups excluding tert-OH is 1. The zero-order chi connectivity index (χ0) is 14.4. The largest absolute Gasteiger partial charge is 0.510 e. The molecular weight excluding hydrogens is 268 g/mol. The van der Waals surface area contributed by atoms with Crippen molar-refractivity contribution in [1.29, 1.82) is 0 Å². The monoisotopic (exact) mass is 282 g/mol. The number of ether oxygens (including phenoxy) is 1. The van der Waals surface area contributed by atoms with E-state index < -0.39 is 5.97 Å². The lowest BCUT2D eigenvalue weighted by atomic mass is 10.2. The number of rotatable bonds is 4. The van der Waals surface area contributed by atoms with Crippen LogP contribution in [0.25, 0.3) is 0 Å². The molecule has 0 radical (unpaired) electrons. The van der Waals surface area contributed by atoms with Crippen LogP contribution in [0.1, 0.15) is 19.4 Å². The molecule has 0 saturated carbocycles. The van der Waals surface area contributed by atoms with E-state index in [0.29, 0.717) is 10.7 Å². The summed E-state index contributed by atoms with van der Waals surface area (Å²) < 4.78 is 4.76. The van der Waals surface area contributed by atoms with E-state index in [0.717, 1.165) is 5.56 Å². The fraction of sp³-hybridized carbons (Fsp3) is 0.308. The van der Waals surface area contributed by atoms with Crippen LogP contribution in [0.15, 0.2) is 39.9 Å². The van der Waals surface area contributed by atoms with Crippen molar-refractivity contribution in [2.24, 2.45) is 10.2 Å². The number of hydrogen-bond donors (Lipinski definition) is 1. The van der Waals surface area contributed by atoms with Crippen molar-refractivity contribution in [3.63, 3.8) is 0 Å². The minimum atomic E-state index is -0.718. The summed E-state index contributed by atoms with van der Waals surface area (Å²) in [5.41, 5.74) is 1.18. The van der Waals surface area contributed by atoms with Gasteiger partial charge in [-0.25, -0.2) is 4.79 Å². The normalized spacial score (nSPS) is 12.4. The van der Waals surface area contributed by atoms with Crippen molar-refractivity contribution in [3.8, 4) is 0 Å². The van der Waals surface area contributed by atoms with Crippen molar-refractivity contribution in [1.82, 2.24) is 0 Å². The Labute approximate surface area is 116 Å². The standard InChI is InChI=1S/C13H15ClN2O3/c1-4-19-13(18)12(9(3)17)16-15-10-6-5-8(2)11(14)7-10/h5-7,17H,4H2,1-3H3. The summed E-state index contributed by atoms with van der Waals surface area (Å²) in [6.45, 7) is 5.07. The highest BCUT2D eigenvalue weighted by molar-refractivity contribution is 6.31. The highest BCUT2D eigenvalue weighted by Gasteiger charge is 2.13. The molecule has 0 aliphatic rings. The number of azo groups is 1. The smallest absolute Gasteiger partial charge is 0.362 e. The first-order valence-electron chi connectivity index (χ1n) is 5.70. The van der Waals surface area contributed by atoms with E-state index in [9.17, 15) is 9.90 Å². The molecule has 0 fully saturated rings. The van der Waals surface area contributed by atoms with Crippen LogP contribution in [-0.2, 0) is 9.53 Å². The number of aliphatic hydroxyl groups is 1. The van der Waals surface area contributed by atoms with Crippen LogP contribution < -0.4 is 0 Å². The number of nitrogens with zero attached hydrogens (tertiary/aromatic N) is 2. The highest BCUT2D eigenvalue weighted by atomic mass is 35.5. The summed E-state index contributed by atoms with van der Waals surface area (Å²) in [6, 6.07) is 5.12. The summed E-state index contributed by atoms with van der Waals surface area (Å²) in [5, 5.41) is 17.5. The summed E-state index contributed by atoms with van der Waals surface area (Å²) in [6.07, 6.45) is 0. The molecule has 0 unspecified atom stereocenters. The molecule has 0 aromatic heterocycles. The van der Waals surface area contributed by atoms with Gasteiger partial charge in [-0.05, 0) is 38.5 Å². The molecule has 0 spiro atoms. The third-order valence-electron chi connectivity index (χ3n) is 2.23. The number of carbonyl (C=O) groups excluding carboxylic acids is 1. The minimum absolute atomic E-state index is 0.196. The Hall–Kier alpha value is -1.88. The second-order valence-corrected chi connectivity index (χ2v) is 4.20. The molecule has 1 aromatic rings. The molecule has 0 saturated heterocycles. The van der Waals surface area contributed by atoms with E-state index in [4.69, 9.17) is 16.3 Å². The van der Waals surface area contributed by atoms with Gasteiger partial charge < -0.3 is 9.84 Å². The maximum atomic E-state index is 11.5. The summed E-state index contributed by atoms with van der Waals surface area (Å²) in [4.78, 5) is 11.5. The minimum Gasteiger partial charge on any atom is -0.510 e. The van der Waals surface area contributed by atoms with Crippen LogP contribution in [0.4, 0.5) is 5.69 Å². The van der Waals surface area contributed by atoms with Crippen LogP contribution in [0, 0.1) is 6.92 Å².